The van der Waals surface area contributed by atoms with Gasteiger partial charge in [0.15, 0.2) is 6.61 Å². The van der Waals surface area contributed by atoms with Gasteiger partial charge in [-0.15, -0.1) is 0 Å². The van der Waals surface area contributed by atoms with Crippen LogP contribution >= 0.6 is 0 Å². The van der Waals surface area contributed by atoms with E-state index in [1.165, 1.54) is 55.5 Å². The van der Waals surface area contributed by atoms with Crippen LogP contribution in [0.4, 0.5) is 13.2 Å². The van der Waals surface area contributed by atoms with Gasteiger partial charge in [0.1, 0.15) is 11.8 Å². The molecule has 1 aliphatic heterocycles. The number of amides is 2. The van der Waals surface area contributed by atoms with Crippen LogP contribution in [0.3, 0.4) is 0 Å². The zero-order valence-electron chi connectivity index (χ0n) is 20.1. The van der Waals surface area contributed by atoms with Crippen molar-refractivity contribution in [2.45, 2.75) is 38.1 Å². The molecule has 9 nitrogen and oxygen atoms in total. The Hall–Kier alpha value is -4.09. The van der Waals surface area contributed by atoms with Crippen LogP contribution in [-0.2, 0) is 43.1 Å². The van der Waals surface area contributed by atoms with E-state index < -0.39 is 48.1 Å². The molecule has 2 amide bonds. The number of esters is 2. The summed E-state index contributed by atoms with van der Waals surface area (Å²) in [6.07, 6.45) is -4.62. The highest BCUT2D eigenvalue weighted by Crippen LogP contribution is 2.32. The highest BCUT2D eigenvalue weighted by atomic mass is 19.4. The van der Waals surface area contributed by atoms with Gasteiger partial charge < -0.3 is 24.4 Å². The number of rotatable bonds is 10. The molecule has 2 aromatic rings. The molecule has 0 fully saturated rings. The fourth-order valence-electron chi connectivity index (χ4n) is 3.90. The predicted octanol–water partition coefficient (Wildman–Crippen LogP) is 2.85. The minimum atomic E-state index is -4.54. The molecular weight excluding hydrogens is 497 g/mol. The molecule has 0 saturated heterocycles. The fraction of sp³-hybridized carbons (Fsp3) is 0.360. The third-order valence-corrected chi connectivity index (χ3v) is 5.78. The molecule has 0 spiro atoms. The molecule has 2 aromatic carbocycles. The van der Waals surface area contributed by atoms with E-state index in [2.05, 4.69) is 10.1 Å². The van der Waals surface area contributed by atoms with Crippen LogP contribution in [0.5, 0.6) is 5.75 Å². The van der Waals surface area contributed by atoms with Crippen molar-refractivity contribution in [3.8, 4) is 5.75 Å². The Morgan fingerprint density at radius 2 is 1.81 bits per heavy atom. The summed E-state index contributed by atoms with van der Waals surface area (Å²) in [6.45, 7) is -0.743. The minimum Gasteiger partial charge on any atom is -0.484 e. The molecule has 1 heterocycles. The normalized spacial score (nSPS) is 13.5. The Labute approximate surface area is 210 Å². The lowest BCUT2D eigenvalue weighted by atomic mass is 10.1. The summed E-state index contributed by atoms with van der Waals surface area (Å²) in [4.78, 5) is 50.1. The minimum absolute atomic E-state index is 0.0140. The van der Waals surface area contributed by atoms with Gasteiger partial charge in [-0.25, -0.2) is 4.79 Å². The number of hydrogen-bond donors (Lipinski definition) is 1. The quantitative estimate of drug-likeness (QED) is 0.478. The molecule has 0 bridgehead atoms. The van der Waals surface area contributed by atoms with E-state index in [0.29, 0.717) is 11.1 Å². The molecule has 0 unspecified atom stereocenters. The zero-order chi connectivity index (χ0) is 27.2. The first-order valence-electron chi connectivity index (χ1n) is 11.2. The van der Waals surface area contributed by atoms with Crippen molar-refractivity contribution in [3.05, 3.63) is 64.7 Å². The molecule has 0 aromatic heterocycles. The summed E-state index contributed by atoms with van der Waals surface area (Å²) in [5.74, 6) is -2.02. The molecule has 37 heavy (non-hydrogen) atoms. The lowest BCUT2D eigenvalue weighted by Crippen LogP contribution is -2.42. The van der Waals surface area contributed by atoms with Crippen molar-refractivity contribution in [1.29, 1.82) is 0 Å². The van der Waals surface area contributed by atoms with Crippen molar-refractivity contribution >= 4 is 23.8 Å². The number of carbonyl (C=O) groups is 4. The van der Waals surface area contributed by atoms with Gasteiger partial charge in [0.2, 0.25) is 0 Å². The lowest BCUT2D eigenvalue weighted by molar-refractivity contribution is -0.147. The smallest absolute Gasteiger partial charge is 0.416 e. The Morgan fingerprint density at radius 1 is 1.08 bits per heavy atom. The number of methoxy groups -OCH3 is 2. The van der Waals surface area contributed by atoms with Gasteiger partial charge in [0, 0.05) is 25.1 Å². The summed E-state index contributed by atoms with van der Waals surface area (Å²) in [6, 6.07) is 8.42. The molecule has 3 rings (SSSR count). The molecule has 0 aliphatic carbocycles. The molecular formula is C25H25F3N2O7. The number of alkyl halides is 3. The number of carbonyl (C=O) groups excluding carboxylic acids is 4. The molecule has 1 N–H and O–H groups in total. The van der Waals surface area contributed by atoms with Gasteiger partial charge in [0.05, 0.1) is 19.8 Å². The van der Waals surface area contributed by atoms with Crippen LogP contribution in [0, 0.1) is 0 Å². The molecule has 0 saturated carbocycles. The average Bonchev–Trinajstić information content (AvgIpc) is 3.20. The van der Waals surface area contributed by atoms with Crippen LogP contribution in [0.2, 0.25) is 0 Å². The maximum absolute atomic E-state index is 13.1. The Morgan fingerprint density at radius 3 is 2.49 bits per heavy atom. The Bertz CT molecular complexity index is 1180. The van der Waals surface area contributed by atoms with E-state index in [1.54, 1.807) is 0 Å². The second kappa shape index (κ2) is 11.8. The topological polar surface area (TPSA) is 111 Å². The second-order valence-corrected chi connectivity index (χ2v) is 8.13. The third-order valence-electron chi connectivity index (χ3n) is 5.78. The van der Waals surface area contributed by atoms with Gasteiger partial charge in [-0.3, -0.25) is 14.4 Å². The van der Waals surface area contributed by atoms with E-state index in [0.717, 1.165) is 6.07 Å². The number of halogens is 3. The maximum Gasteiger partial charge on any atom is 0.416 e. The summed E-state index contributed by atoms with van der Waals surface area (Å²) in [5.41, 5.74) is -0.0470. The number of nitrogens with zero attached hydrogens (tertiary/aromatic N) is 1. The van der Waals surface area contributed by atoms with E-state index in [1.807, 2.05) is 0 Å². The van der Waals surface area contributed by atoms with Crippen LogP contribution in [0.15, 0.2) is 42.5 Å². The Kier molecular flexibility index (Phi) is 8.74. The van der Waals surface area contributed by atoms with Gasteiger partial charge in [-0.1, -0.05) is 18.2 Å². The van der Waals surface area contributed by atoms with Crippen molar-refractivity contribution in [2.24, 2.45) is 0 Å². The summed E-state index contributed by atoms with van der Waals surface area (Å²) < 4.78 is 54.2. The summed E-state index contributed by atoms with van der Waals surface area (Å²) >= 11 is 0. The first kappa shape index (κ1) is 27.5. The molecule has 1 aliphatic rings. The molecule has 0 radical (unpaired) electrons. The van der Waals surface area contributed by atoms with Crippen LogP contribution in [0.1, 0.15) is 39.9 Å². The van der Waals surface area contributed by atoms with Gasteiger partial charge in [-0.2, -0.15) is 13.2 Å². The number of ether oxygens (including phenoxy) is 3. The first-order chi connectivity index (χ1) is 17.5. The van der Waals surface area contributed by atoms with Gasteiger partial charge in [0.25, 0.3) is 11.8 Å². The van der Waals surface area contributed by atoms with Crippen molar-refractivity contribution < 1.29 is 46.6 Å². The molecule has 198 valence electrons. The zero-order valence-corrected chi connectivity index (χ0v) is 20.1. The second-order valence-electron chi connectivity index (χ2n) is 8.13. The highest BCUT2D eigenvalue weighted by molar-refractivity contribution is 6.00. The third kappa shape index (κ3) is 6.78. The van der Waals surface area contributed by atoms with Crippen molar-refractivity contribution in [2.75, 3.05) is 20.8 Å². The lowest BCUT2D eigenvalue weighted by Gasteiger charge is -2.25. The summed E-state index contributed by atoms with van der Waals surface area (Å²) in [7, 11) is 2.40. The number of benzene rings is 2. The van der Waals surface area contributed by atoms with Gasteiger partial charge >= 0.3 is 18.1 Å². The number of nitrogens with one attached hydrogen (secondary N) is 1. The SMILES string of the molecule is COC(=O)CC[C@@H](C(=O)OC)N1Cc2cc(OCC(=O)NCc3ccccc3C(F)(F)F)ccc2C1=O. The number of hydrogen-bond acceptors (Lipinski definition) is 7. The van der Waals surface area contributed by atoms with Crippen molar-refractivity contribution in [3.63, 3.8) is 0 Å². The summed E-state index contributed by atoms with van der Waals surface area (Å²) in [5, 5.41) is 2.39. The molecule has 12 heteroatoms. The van der Waals surface area contributed by atoms with E-state index in [4.69, 9.17) is 9.47 Å². The van der Waals surface area contributed by atoms with Crippen LogP contribution < -0.4 is 10.1 Å². The van der Waals surface area contributed by atoms with Crippen molar-refractivity contribution in [1.82, 2.24) is 10.2 Å². The molecule has 1 atom stereocenters. The predicted molar refractivity (Wildman–Crippen MR) is 122 cm³/mol. The monoisotopic (exact) mass is 522 g/mol. The van der Waals surface area contributed by atoms with E-state index >= 15 is 0 Å². The first-order valence-corrected chi connectivity index (χ1v) is 11.2. The highest BCUT2D eigenvalue weighted by Gasteiger charge is 2.37. The number of fused-ring (bicyclic) bond motifs is 1. The largest absolute Gasteiger partial charge is 0.484 e. The maximum atomic E-state index is 13.1. The van der Waals surface area contributed by atoms with E-state index in [9.17, 15) is 32.3 Å². The van der Waals surface area contributed by atoms with E-state index in [-0.39, 0.29) is 37.2 Å². The van der Waals surface area contributed by atoms with Crippen LogP contribution in [-0.4, -0.2) is 55.5 Å². The van der Waals surface area contributed by atoms with Crippen LogP contribution in [0.25, 0.3) is 0 Å². The fourth-order valence-corrected chi connectivity index (χ4v) is 3.90. The Balaban J connectivity index is 1.61. The standard InChI is InChI=1S/C25H25F3N2O7/c1-35-22(32)10-9-20(24(34)36-2)30-13-16-11-17(7-8-18(16)23(30)33)37-14-21(31)29-12-15-5-3-4-6-19(15)25(26,27)28/h3-8,11,20H,9-10,12-14H2,1-2H3,(H,29,31)/t20-/m0/s1. The average molecular weight is 522 g/mol. The van der Waals surface area contributed by atoms with Gasteiger partial charge in [-0.05, 0) is 41.8 Å².